The van der Waals surface area contributed by atoms with Gasteiger partial charge in [-0.15, -0.1) is 0 Å². The first kappa shape index (κ1) is 16.6. The Hall–Kier alpha value is -2.28. The van der Waals surface area contributed by atoms with Gasteiger partial charge in [0.1, 0.15) is 11.5 Å². The lowest BCUT2D eigenvalue weighted by Crippen LogP contribution is -2.06. The van der Waals surface area contributed by atoms with Crippen molar-refractivity contribution >= 4 is 32.8 Å². The maximum Gasteiger partial charge on any atom is 0.222 e. The molecule has 0 aliphatic carbocycles. The number of H-pyrrole nitrogens is 1. The Morgan fingerprint density at radius 1 is 1.12 bits per heavy atom. The molecule has 1 aromatic carbocycles. The van der Waals surface area contributed by atoms with Crippen molar-refractivity contribution in [2.75, 3.05) is 26.1 Å². The quantitative estimate of drug-likeness (QED) is 0.600. The van der Waals surface area contributed by atoms with Gasteiger partial charge in [-0.05, 0) is 34.8 Å². The number of nitrogens with zero attached hydrogens (tertiary/aromatic N) is 2. The summed E-state index contributed by atoms with van der Waals surface area (Å²) in [7, 11) is 3.32. The number of aromatic amines is 1. The van der Waals surface area contributed by atoms with Crippen LogP contribution in [0.25, 0.3) is 10.9 Å². The first-order valence-corrected chi connectivity index (χ1v) is 8.44. The fourth-order valence-corrected chi connectivity index (χ4v) is 2.75. The van der Waals surface area contributed by atoms with E-state index in [-0.39, 0.29) is 0 Å². The number of rotatable bonds is 7. The summed E-state index contributed by atoms with van der Waals surface area (Å²) in [5.74, 6) is 2.23. The molecule has 0 saturated carbocycles. The molecular weight excluding hydrogens is 372 g/mol. The van der Waals surface area contributed by atoms with Crippen LogP contribution in [0.1, 0.15) is 12.1 Å². The average Bonchev–Trinajstić information content (AvgIpc) is 3.02. The molecule has 0 bridgehead atoms. The molecule has 0 amide bonds. The van der Waals surface area contributed by atoms with Gasteiger partial charge in [-0.1, -0.05) is 0 Å². The Morgan fingerprint density at radius 2 is 1.92 bits per heavy atom. The Kier molecular flexibility index (Phi) is 5.20. The minimum absolute atomic E-state index is 0.640. The largest absolute Gasteiger partial charge is 0.497 e. The number of anilines is 1. The maximum atomic E-state index is 5.44. The van der Waals surface area contributed by atoms with Crippen LogP contribution in [-0.4, -0.2) is 35.7 Å². The van der Waals surface area contributed by atoms with Crippen molar-refractivity contribution in [2.24, 2.45) is 0 Å². The highest BCUT2D eigenvalue weighted by Gasteiger charge is 2.09. The fourth-order valence-electron chi connectivity index (χ4n) is 2.54. The van der Waals surface area contributed by atoms with Crippen LogP contribution in [0.5, 0.6) is 11.5 Å². The highest BCUT2D eigenvalue weighted by molar-refractivity contribution is 9.10. The minimum Gasteiger partial charge on any atom is -0.497 e. The third-order valence-corrected chi connectivity index (χ3v) is 4.12. The van der Waals surface area contributed by atoms with Gasteiger partial charge >= 0.3 is 0 Å². The van der Waals surface area contributed by atoms with Crippen molar-refractivity contribution in [1.82, 2.24) is 15.0 Å². The number of fused-ring (bicyclic) bond motifs is 1. The summed E-state index contributed by atoms with van der Waals surface area (Å²) in [4.78, 5) is 11.8. The molecule has 0 unspecified atom stereocenters. The number of nitrogens with one attached hydrogen (secondary N) is 2. The van der Waals surface area contributed by atoms with Crippen LogP contribution < -0.4 is 14.8 Å². The lowest BCUT2D eigenvalue weighted by Gasteiger charge is -2.04. The summed E-state index contributed by atoms with van der Waals surface area (Å²) >= 11 is 3.32. The third-order valence-electron chi connectivity index (χ3n) is 3.71. The molecule has 3 aromatic rings. The second-order valence-corrected chi connectivity index (χ2v) is 6.26. The van der Waals surface area contributed by atoms with Gasteiger partial charge in [0.05, 0.1) is 24.2 Å². The lowest BCUT2D eigenvalue weighted by atomic mass is 10.2. The molecule has 0 radical (unpaired) electrons. The zero-order chi connectivity index (χ0) is 16.9. The number of halogens is 1. The Balaban J connectivity index is 1.62. The summed E-state index contributed by atoms with van der Waals surface area (Å²) in [5.41, 5.74) is 2.18. The highest BCUT2D eigenvalue weighted by Crippen LogP contribution is 2.31. The molecule has 3 rings (SSSR count). The monoisotopic (exact) mass is 390 g/mol. The van der Waals surface area contributed by atoms with E-state index >= 15 is 0 Å². The van der Waals surface area contributed by atoms with Crippen LogP contribution in [-0.2, 0) is 6.42 Å². The van der Waals surface area contributed by atoms with E-state index in [1.807, 2.05) is 12.1 Å². The predicted octanol–water partition coefficient (Wildman–Crippen LogP) is 3.78. The normalized spacial score (nSPS) is 10.8. The average molecular weight is 391 g/mol. The second kappa shape index (κ2) is 7.53. The fraction of sp³-hybridized carbons (Fsp3) is 0.294. The first-order valence-electron chi connectivity index (χ1n) is 7.64. The Morgan fingerprint density at radius 3 is 2.62 bits per heavy atom. The summed E-state index contributed by atoms with van der Waals surface area (Å²) in [6.07, 6.45) is 5.34. The molecule has 0 saturated heterocycles. The number of hydrogen-bond acceptors (Lipinski definition) is 5. The molecule has 6 nitrogen and oxygen atoms in total. The molecule has 2 N–H and O–H groups in total. The maximum absolute atomic E-state index is 5.44. The smallest absolute Gasteiger partial charge is 0.222 e. The summed E-state index contributed by atoms with van der Waals surface area (Å²) in [5, 5.41) is 4.28. The summed E-state index contributed by atoms with van der Waals surface area (Å²) < 4.78 is 11.6. The van der Waals surface area contributed by atoms with E-state index in [9.17, 15) is 0 Å². The number of methoxy groups -OCH3 is 2. The predicted molar refractivity (Wildman–Crippen MR) is 97.9 cm³/mol. The highest BCUT2D eigenvalue weighted by atomic mass is 79.9. The van der Waals surface area contributed by atoms with Gasteiger partial charge in [-0.3, -0.25) is 0 Å². The van der Waals surface area contributed by atoms with E-state index in [1.165, 1.54) is 0 Å². The van der Waals surface area contributed by atoms with Crippen LogP contribution in [0.15, 0.2) is 35.1 Å². The number of aromatic nitrogens is 3. The number of hydrogen-bond donors (Lipinski definition) is 2. The van der Waals surface area contributed by atoms with Gasteiger partial charge < -0.3 is 19.8 Å². The van der Waals surface area contributed by atoms with E-state index in [4.69, 9.17) is 9.47 Å². The van der Waals surface area contributed by atoms with Crippen molar-refractivity contribution in [2.45, 2.75) is 12.8 Å². The van der Waals surface area contributed by atoms with Gasteiger partial charge in [0, 0.05) is 42.2 Å². The van der Waals surface area contributed by atoms with Crippen LogP contribution in [0.4, 0.5) is 5.95 Å². The SMILES string of the molecule is COc1cc(OC)c2cc(CCCNc3ncc(Br)cn3)[nH]c2c1. The molecule has 24 heavy (non-hydrogen) atoms. The molecule has 126 valence electrons. The minimum atomic E-state index is 0.640. The lowest BCUT2D eigenvalue weighted by molar-refractivity contribution is 0.398. The zero-order valence-corrected chi connectivity index (χ0v) is 15.2. The molecule has 0 aliphatic heterocycles. The van der Waals surface area contributed by atoms with E-state index < -0.39 is 0 Å². The van der Waals surface area contributed by atoms with Gasteiger partial charge in [-0.25, -0.2) is 9.97 Å². The molecule has 0 fully saturated rings. The van der Waals surface area contributed by atoms with Gasteiger partial charge in [0.25, 0.3) is 0 Å². The second-order valence-electron chi connectivity index (χ2n) is 5.34. The number of aryl methyl sites for hydroxylation is 1. The van der Waals surface area contributed by atoms with Gasteiger partial charge in [0.2, 0.25) is 5.95 Å². The summed E-state index contributed by atoms with van der Waals surface area (Å²) in [6, 6.07) is 6.01. The van der Waals surface area contributed by atoms with Crippen molar-refractivity contribution in [3.05, 3.63) is 40.8 Å². The first-order chi connectivity index (χ1) is 11.7. The van der Waals surface area contributed by atoms with E-state index in [0.29, 0.717) is 5.95 Å². The van der Waals surface area contributed by atoms with Crippen molar-refractivity contribution in [3.8, 4) is 11.5 Å². The Bertz CT molecular complexity index is 817. The standard InChI is InChI=1S/C17H19BrN4O2/c1-23-13-7-15-14(16(8-13)24-2)6-12(22-15)4-3-5-19-17-20-9-11(18)10-21-17/h6-10,22H,3-5H2,1-2H3,(H,19,20,21). The van der Waals surface area contributed by atoms with Crippen LogP contribution in [0.3, 0.4) is 0 Å². The van der Waals surface area contributed by atoms with E-state index in [0.717, 1.165) is 52.0 Å². The molecule has 0 spiro atoms. The number of benzene rings is 1. The van der Waals surface area contributed by atoms with Crippen molar-refractivity contribution < 1.29 is 9.47 Å². The molecule has 2 aromatic heterocycles. The molecule has 0 atom stereocenters. The molecule has 7 heteroatoms. The van der Waals surface area contributed by atoms with Crippen molar-refractivity contribution in [1.29, 1.82) is 0 Å². The van der Waals surface area contributed by atoms with E-state index in [1.54, 1.807) is 26.6 Å². The molecule has 2 heterocycles. The van der Waals surface area contributed by atoms with Crippen LogP contribution in [0, 0.1) is 0 Å². The van der Waals surface area contributed by atoms with E-state index in [2.05, 4.69) is 42.3 Å². The summed E-state index contributed by atoms with van der Waals surface area (Å²) in [6.45, 7) is 0.803. The third kappa shape index (κ3) is 3.79. The van der Waals surface area contributed by atoms with Crippen LogP contribution >= 0.6 is 15.9 Å². The van der Waals surface area contributed by atoms with Crippen molar-refractivity contribution in [3.63, 3.8) is 0 Å². The van der Waals surface area contributed by atoms with Crippen LogP contribution in [0.2, 0.25) is 0 Å². The molecular formula is C17H19BrN4O2. The number of ether oxygens (including phenoxy) is 2. The Labute approximate surface area is 148 Å². The zero-order valence-electron chi connectivity index (χ0n) is 13.6. The van der Waals surface area contributed by atoms with Gasteiger partial charge in [0.15, 0.2) is 0 Å². The molecule has 0 aliphatic rings. The van der Waals surface area contributed by atoms with Gasteiger partial charge in [-0.2, -0.15) is 0 Å². The topological polar surface area (TPSA) is 72.1 Å².